The third-order valence-corrected chi connectivity index (χ3v) is 8.13. The Kier molecular flexibility index (Phi) is 6.27. The van der Waals surface area contributed by atoms with Gasteiger partial charge in [0.1, 0.15) is 11.2 Å². The van der Waals surface area contributed by atoms with E-state index in [-0.39, 0.29) is 18.0 Å². The molecule has 3 aliphatic rings. The smallest absolute Gasteiger partial charge is 0.273 e. The Balaban J connectivity index is 1.32. The standard InChI is InChI=1S/C23H33N5O2S/c29-20(26-14-12-25(13-15-26)18-7-3-1-4-8-18)17-28-22(30)21-19(9-16-31-21)24-23(28)27-10-5-2-6-11-27/h9,16,18H,1-8,10-15,17H2. The fraction of sp³-hybridized carbons (Fsp3) is 0.696. The van der Waals surface area contributed by atoms with E-state index in [2.05, 4.69) is 9.80 Å². The lowest BCUT2D eigenvalue weighted by atomic mass is 9.94. The summed E-state index contributed by atoms with van der Waals surface area (Å²) < 4.78 is 2.29. The zero-order chi connectivity index (χ0) is 21.2. The van der Waals surface area contributed by atoms with Crippen molar-refractivity contribution in [2.24, 2.45) is 0 Å². The lowest BCUT2D eigenvalue weighted by Gasteiger charge is -2.41. The summed E-state index contributed by atoms with van der Waals surface area (Å²) in [5.41, 5.74) is 0.676. The molecule has 168 valence electrons. The van der Waals surface area contributed by atoms with E-state index in [0.29, 0.717) is 16.7 Å². The van der Waals surface area contributed by atoms with E-state index in [4.69, 9.17) is 4.98 Å². The number of fused-ring (bicyclic) bond motifs is 1. The molecular formula is C23H33N5O2S. The number of amides is 1. The summed E-state index contributed by atoms with van der Waals surface area (Å²) in [6.07, 6.45) is 10.1. The molecule has 7 nitrogen and oxygen atoms in total. The van der Waals surface area contributed by atoms with Crippen molar-refractivity contribution in [2.75, 3.05) is 44.2 Å². The van der Waals surface area contributed by atoms with Crippen LogP contribution in [0.4, 0.5) is 5.95 Å². The fourth-order valence-corrected chi connectivity index (χ4v) is 6.21. The van der Waals surface area contributed by atoms with Gasteiger partial charge in [-0.3, -0.25) is 19.1 Å². The minimum atomic E-state index is -0.0743. The van der Waals surface area contributed by atoms with Crippen LogP contribution in [0.15, 0.2) is 16.2 Å². The molecule has 0 N–H and O–H groups in total. The highest BCUT2D eigenvalue weighted by molar-refractivity contribution is 7.17. The van der Waals surface area contributed by atoms with Gasteiger partial charge in [-0.1, -0.05) is 19.3 Å². The van der Waals surface area contributed by atoms with Crippen LogP contribution in [0.1, 0.15) is 51.4 Å². The maximum Gasteiger partial charge on any atom is 0.273 e. The monoisotopic (exact) mass is 443 g/mol. The van der Waals surface area contributed by atoms with Gasteiger partial charge in [-0.25, -0.2) is 4.98 Å². The first-order chi connectivity index (χ1) is 15.2. The van der Waals surface area contributed by atoms with Crippen LogP contribution in [0.25, 0.3) is 10.2 Å². The van der Waals surface area contributed by atoms with Crippen LogP contribution in [-0.4, -0.2) is 70.6 Å². The van der Waals surface area contributed by atoms with E-state index in [1.807, 2.05) is 16.3 Å². The Morgan fingerprint density at radius 3 is 2.42 bits per heavy atom. The van der Waals surface area contributed by atoms with Crippen molar-refractivity contribution in [1.82, 2.24) is 19.4 Å². The summed E-state index contributed by atoms with van der Waals surface area (Å²) in [6.45, 7) is 5.32. The Labute approximate surface area is 187 Å². The molecule has 2 saturated heterocycles. The zero-order valence-corrected chi connectivity index (χ0v) is 19.1. The molecule has 5 rings (SSSR count). The molecule has 3 fully saturated rings. The number of aromatic nitrogens is 2. The third-order valence-electron chi connectivity index (χ3n) is 7.24. The van der Waals surface area contributed by atoms with Crippen molar-refractivity contribution in [3.8, 4) is 0 Å². The molecule has 1 aliphatic carbocycles. The number of hydrogen-bond acceptors (Lipinski definition) is 6. The summed E-state index contributed by atoms with van der Waals surface area (Å²) >= 11 is 1.42. The van der Waals surface area contributed by atoms with Crippen LogP contribution in [0.3, 0.4) is 0 Å². The van der Waals surface area contributed by atoms with Gasteiger partial charge in [0.2, 0.25) is 11.9 Å². The second kappa shape index (κ2) is 9.28. The number of carbonyl (C=O) groups is 1. The Hall–Kier alpha value is -1.93. The van der Waals surface area contributed by atoms with Gasteiger partial charge >= 0.3 is 0 Å². The van der Waals surface area contributed by atoms with Gasteiger partial charge < -0.3 is 9.80 Å². The van der Waals surface area contributed by atoms with Crippen molar-refractivity contribution in [3.63, 3.8) is 0 Å². The molecule has 0 bridgehead atoms. The number of thiophene rings is 1. The first-order valence-electron chi connectivity index (χ1n) is 12.0. The highest BCUT2D eigenvalue weighted by Crippen LogP contribution is 2.24. The number of hydrogen-bond donors (Lipinski definition) is 0. The summed E-state index contributed by atoms with van der Waals surface area (Å²) in [6, 6.07) is 2.61. The van der Waals surface area contributed by atoms with Gasteiger partial charge in [0.15, 0.2) is 0 Å². The summed E-state index contributed by atoms with van der Waals surface area (Å²) in [4.78, 5) is 38.0. The topological polar surface area (TPSA) is 61.7 Å². The predicted molar refractivity (Wildman–Crippen MR) is 125 cm³/mol. The van der Waals surface area contributed by atoms with Crippen LogP contribution in [0.5, 0.6) is 0 Å². The van der Waals surface area contributed by atoms with Crippen molar-refractivity contribution >= 4 is 33.4 Å². The Morgan fingerprint density at radius 2 is 1.68 bits per heavy atom. The molecule has 0 aromatic carbocycles. The van der Waals surface area contributed by atoms with Crippen LogP contribution >= 0.6 is 11.3 Å². The third kappa shape index (κ3) is 4.37. The molecule has 4 heterocycles. The van der Waals surface area contributed by atoms with E-state index >= 15 is 0 Å². The molecule has 1 amide bonds. The van der Waals surface area contributed by atoms with Crippen molar-refractivity contribution in [3.05, 3.63) is 21.8 Å². The first-order valence-corrected chi connectivity index (χ1v) is 12.8. The van der Waals surface area contributed by atoms with Gasteiger partial charge in [0, 0.05) is 45.3 Å². The van der Waals surface area contributed by atoms with Crippen LogP contribution in [0.2, 0.25) is 0 Å². The number of piperazine rings is 1. The highest BCUT2D eigenvalue weighted by atomic mass is 32.1. The zero-order valence-electron chi connectivity index (χ0n) is 18.3. The minimum absolute atomic E-state index is 0.0429. The Bertz CT molecular complexity index is 966. The van der Waals surface area contributed by atoms with Crippen LogP contribution in [0, 0.1) is 0 Å². The first kappa shape index (κ1) is 20.9. The molecular weight excluding hydrogens is 410 g/mol. The second-order valence-corrected chi connectivity index (χ2v) is 10.1. The van der Waals surface area contributed by atoms with Crippen molar-refractivity contribution in [2.45, 2.75) is 64.0 Å². The molecule has 31 heavy (non-hydrogen) atoms. The van der Waals surface area contributed by atoms with Crippen molar-refractivity contribution < 1.29 is 4.79 Å². The van der Waals surface area contributed by atoms with Crippen molar-refractivity contribution in [1.29, 1.82) is 0 Å². The lowest BCUT2D eigenvalue weighted by Crippen LogP contribution is -2.53. The molecule has 0 atom stereocenters. The van der Waals surface area contributed by atoms with Crippen LogP contribution < -0.4 is 10.5 Å². The van der Waals surface area contributed by atoms with E-state index in [0.717, 1.165) is 57.6 Å². The molecule has 0 spiro atoms. The summed E-state index contributed by atoms with van der Waals surface area (Å²) in [5.74, 6) is 0.714. The molecule has 2 aromatic heterocycles. The molecule has 0 unspecified atom stereocenters. The fourth-order valence-electron chi connectivity index (χ4n) is 5.43. The van der Waals surface area contributed by atoms with E-state index in [1.165, 1.54) is 49.9 Å². The lowest BCUT2D eigenvalue weighted by molar-refractivity contribution is -0.134. The SMILES string of the molecule is O=C(Cn1c(N2CCCCC2)nc2ccsc2c1=O)N1CCN(C2CCCCC2)CC1. The number of piperidine rings is 1. The minimum Gasteiger partial charge on any atom is -0.342 e. The Morgan fingerprint density at radius 1 is 0.968 bits per heavy atom. The van der Waals surface area contributed by atoms with E-state index in [1.54, 1.807) is 4.57 Å². The number of anilines is 1. The van der Waals surface area contributed by atoms with Gasteiger partial charge in [-0.2, -0.15) is 0 Å². The molecule has 8 heteroatoms. The van der Waals surface area contributed by atoms with Gasteiger partial charge in [-0.05, 0) is 43.6 Å². The largest absolute Gasteiger partial charge is 0.342 e. The normalized spacial score (nSPS) is 21.7. The average molecular weight is 444 g/mol. The van der Waals surface area contributed by atoms with Gasteiger partial charge in [0.05, 0.1) is 5.52 Å². The number of nitrogens with zero attached hydrogens (tertiary/aromatic N) is 5. The predicted octanol–water partition coefficient (Wildman–Crippen LogP) is 2.93. The summed E-state index contributed by atoms with van der Waals surface area (Å²) in [7, 11) is 0. The number of carbonyl (C=O) groups excluding carboxylic acids is 1. The average Bonchev–Trinajstić information content (AvgIpc) is 3.31. The van der Waals surface area contributed by atoms with Gasteiger partial charge in [0.25, 0.3) is 5.56 Å². The summed E-state index contributed by atoms with van der Waals surface area (Å²) in [5, 5.41) is 1.91. The molecule has 1 saturated carbocycles. The molecule has 2 aliphatic heterocycles. The quantitative estimate of drug-likeness (QED) is 0.727. The highest BCUT2D eigenvalue weighted by Gasteiger charge is 2.28. The van der Waals surface area contributed by atoms with E-state index in [9.17, 15) is 9.59 Å². The van der Waals surface area contributed by atoms with Crippen LogP contribution in [-0.2, 0) is 11.3 Å². The number of rotatable bonds is 4. The molecule has 0 radical (unpaired) electrons. The molecule has 2 aromatic rings. The maximum absolute atomic E-state index is 13.3. The van der Waals surface area contributed by atoms with Gasteiger partial charge in [-0.15, -0.1) is 11.3 Å². The maximum atomic E-state index is 13.3. The second-order valence-electron chi connectivity index (χ2n) is 9.19. The van der Waals surface area contributed by atoms with E-state index < -0.39 is 0 Å².